The van der Waals surface area contributed by atoms with Crippen molar-refractivity contribution in [2.75, 3.05) is 31.7 Å². The highest BCUT2D eigenvalue weighted by Gasteiger charge is 2.23. The number of hydrogen-bond donors (Lipinski definition) is 2. The van der Waals surface area contributed by atoms with Gasteiger partial charge in [-0.25, -0.2) is 4.98 Å². The smallest absolute Gasteiger partial charge is 0.257 e. The van der Waals surface area contributed by atoms with E-state index in [-0.39, 0.29) is 19.1 Å². The molecule has 1 amide bonds. The van der Waals surface area contributed by atoms with Gasteiger partial charge in [-0.15, -0.1) is 0 Å². The summed E-state index contributed by atoms with van der Waals surface area (Å²) in [5.41, 5.74) is 0. The second kappa shape index (κ2) is 6.47. The Kier molecular flexibility index (Phi) is 4.66. The van der Waals surface area contributed by atoms with Gasteiger partial charge in [-0.2, -0.15) is 0 Å². The third-order valence-corrected chi connectivity index (χ3v) is 2.96. The standard InChI is InChI=1S/C11H12N2O4S/c14-3-1-2-8-6-12-11(18-8)13-10(15)9-7-16-4-5-17-9/h6,9,14H,3-5,7H2,(H,12,13,15). The van der Waals surface area contributed by atoms with Crippen molar-refractivity contribution in [1.29, 1.82) is 0 Å². The van der Waals surface area contributed by atoms with Crippen molar-refractivity contribution in [2.24, 2.45) is 0 Å². The summed E-state index contributed by atoms with van der Waals surface area (Å²) in [7, 11) is 0. The Labute approximate surface area is 108 Å². The maximum Gasteiger partial charge on any atom is 0.257 e. The molecule has 1 aromatic rings. The van der Waals surface area contributed by atoms with Gasteiger partial charge in [-0.1, -0.05) is 23.2 Å². The van der Waals surface area contributed by atoms with Gasteiger partial charge in [0.05, 0.1) is 30.9 Å². The van der Waals surface area contributed by atoms with Crippen molar-refractivity contribution in [2.45, 2.75) is 6.10 Å². The predicted octanol–water partition coefficient (Wildman–Crippen LogP) is -0.159. The molecular formula is C11H12N2O4S. The summed E-state index contributed by atoms with van der Waals surface area (Å²) in [6.45, 7) is 0.992. The highest BCUT2D eigenvalue weighted by Crippen LogP contribution is 2.17. The number of hydrogen-bond acceptors (Lipinski definition) is 6. The number of aliphatic hydroxyl groups excluding tert-OH is 1. The Morgan fingerprint density at radius 2 is 2.56 bits per heavy atom. The summed E-state index contributed by atoms with van der Waals surface area (Å²) in [5, 5.41) is 11.7. The number of aromatic nitrogens is 1. The fourth-order valence-electron chi connectivity index (χ4n) is 1.34. The van der Waals surface area contributed by atoms with E-state index in [0.29, 0.717) is 23.2 Å². The van der Waals surface area contributed by atoms with Crippen molar-refractivity contribution < 1.29 is 19.4 Å². The van der Waals surface area contributed by atoms with Crippen LogP contribution in [0.5, 0.6) is 0 Å². The predicted molar refractivity (Wildman–Crippen MR) is 65.3 cm³/mol. The van der Waals surface area contributed by atoms with Crippen molar-refractivity contribution in [3.05, 3.63) is 11.1 Å². The van der Waals surface area contributed by atoms with Crippen molar-refractivity contribution in [3.63, 3.8) is 0 Å². The molecule has 1 aliphatic heterocycles. The Morgan fingerprint density at radius 1 is 1.67 bits per heavy atom. The zero-order valence-electron chi connectivity index (χ0n) is 9.51. The second-order valence-corrected chi connectivity index (χ2v) is 4.44. The van der Waals surface area contributed by atoms with Crippen LogP contribution in [-0.2, 0) is 14.3 Å². The van der Waals surface area contributed by atoms with E-state index in [0.717, 1.165) is 0 Å². The van der Waals surface area contributed by atoms with Crippen molar-refractivity contribution >= 4 is 22.4 Å². The molecule has 1 unspecified atom stereocenters. The van der Waals surface area contributed by atoms with Gasteiger partial charge in [0.25, 0.3) is 5.91 Å². The van der Waals surface area contributed by atoms with E-state index in [1.165, 1.54) is 11.3 Å². The van der Waals surface area contributed by atoms with Gasteiger partial charge in [0.2, 0.25) is 0 Å². The number of rotatable bonds is 2. The lowest BCUT2D eigenvalue weighted by atomic mass is 10.3. The van der Waals surface area contributed by atoms with Crippen molar-refractivity contribution in [3.8, 4) is 11.8 Å². The molecule has 0 saturated carbocycles. The molecule has 0 radical (unpaired) electrons. The second-order valence-electron chi connectivity index (χ2n) is 3.41. The number of ether oxygens (including phenoxy) is 2. The summed E-state index contributed by atoms with van der Waals surface area (Å²) < 4.78 is 10.4. The lowest BCUT2D eigenvalue weighted by molar-refractivity contribution is -0.142. The van der Waals surface area contributed by atoms with E-state index in [1.807, 2.05) is 0 Å². The molecule has 0 aliphatic carbocycles. The van der Waals surface area contributed by atoms with Crippen LogP contribution in [0.2, 0.25) is 0 Å². The summed E-state index contributed by atoms with van der Waals surface area (Å²) >= 11 is 1.24. The monoisotopic (exact) mass is 268 g/mol. The average Bonchev–Trinajstić information content (AvgIpc) is 2.85. The first-order valence-electron chi connectivity index (χ1n) is 5.35. The highest BCUT2D eigenvalue weighted by atomic mass is 32.1. The SMILES string of the molecule is O=C(Nc1ncc(C#CCO)s1)C1COCCO1. The fourth-order valence-corrected chi connectivity index (χ4v) is 2.04. The molecule has 2 heterocycles. The summed E-state index contributed by atoms with van der Waals surface area (Å²) in [6.07, 6.45) is 0.955. The molecule has 1 atom stereocenters. The molecule has 1 aliphatic rings. The Balaban J connectivity index is 1.92. The number of amides is 1. The van der Waals surface area contributed by atoms with Gasteiger partial charge in [-0.3, -0.25) is 10.1 Å². The lowest BCUT2D eigenvalue weighted by Gasteiger charge is -2.21. The van der Waals surface area contributed by atoms with E-state index in [1.54, 1.807) is 6.20 Å². The van der Waals surface area contributed by atoms with Crippen LogP contribution < -0.4 is 5.32 Å². The molecule has 1 fully saturated rings. The van der Waals surface area contributed by atoms with Crippen LogP contribution in [0, 0.1) is 11.8 Å². The van der Waals surface area contributed by atoms with Crippen molar-refractivity contribution in [1.82, 2.24) is 4.98 Å². The minimum Gasteiger partial charge on any atom is -0.384 e. The third kappa shape index (κ3) is 3.51. The van der Waals surface area contributed by atoms with E-state index < -0.39 is 6.10 Å². The third-order valence-electron chi connectivity index (χ3n) is 2.13. The normalized spacial score (nSPS) is 18.8. The molecule has 0 spiro atoms. The molecule has 1 saturated heterocycles. The molecule has 1 aromatic heterocycles. The molecule has 2 N–H and O–H groups in total. The minimum absolute atomic E-state index is 0.202. The van der Waals surface area contributed by atoms with Crippen LogP contribution in [-0.4, -0.2) is 48.5 Å². The van der Waals surface area contributed by atoms with Gasteiger partial charge < -0.3 is 14.6 Å². The molecule has 0 bridgehead atoms. The van der Waals surface area contributed by atoms with Gasteiger partial charge in [0.1, 0.15) is 6.61 Å². The first-order valence-corrected chi connectivity index (χ1v) is 6.17. The molecule has 18 heavy (non-hydrogen) atoms. The number of carbonyl (C=O) groups is 1. The van der Waals surface area contributed by atoms with E-state index in [4.69, 9.17) is 14.6 Å². The maximum absolute atomic E-state index is 11.8. The van der Waals surface area contributed by atoms with Crippen LogP contribution in [0.15, 0.2) is 6.20 Å². The lowest BCUT2D eigenvalue weighted by Crippen LogP contribution is -2.39. The van der Waals surface area contributed by atoms with Crippen LogP contribution in [0.4, 0.5) is 5.13 Å². The van der Waals surface area contributed by atoms with E-state index in [9.17, 15) is 4.79 Å². The minimum atomic E-state index is -0.588. The van der Waals surface area contributed by atoms with Crippen LogP contribution in [0.3, 0.4) is 0 Å². The van der Waals surface area contributed by atoms with Gasteiger partial charge in [-0.05, 0) is 0 Å². The number of thiazole rings is 1. The van der Waals surface area contributed by atoms with Gasteiger partial charge >= 0.3 is 0 Å². The zero-order chi connectivity index (χ0) is 12.8. The maximum atomic E-state index is 11.8. The number of nitrogens with one attached hydrogen (secondary N) is 1. The summed E-state index contributed by atoms with van der Waals surface area (Å²) in [4.78, 5) is 16.5. The van der Waals surface area contributed by atoms with Gasteiger partial charge in [0, 0.05) is 0 Å². The Hall–Kier alpha value is -1.46. The Morgan fingerprint density at radius 3 is 3.28 bits per heavy atom. The molecule has 6 nitrogen and oxygen atoms in total. The number of aliphatic hydroxyl groups is 1. The number of carbonyl (C=O) groups excluding carboxylic acids is 1. The molecule has 7 heteroatoms. The quantitative estimate of drug-likeness (QED) is 0.729. The van der Waals surface area contributed by atoms with Crippen LogP contribution in [0.25, 0.3) is 0 Å². The molecule has 96 valence electrons. The Bertz CT molecular complexity index is 471. The topological polar surface area (TPSA) is 80.7 Å². The molecule has 0 aromatic carbocycles. The fraction of sp³-hybridized carbons (Fsp3) is 0.455. The van der Waals surface area contributed by atoms with Crippen LogP contribution >= 0.6 is 11.3 Å². The number of nitrogens with zero attached hydrogens (tertiary/aromatic N) is 1. The first kappa shape index (κ1) is 13.0. The van der Waals surface area contributed by atoms with Gasteiger partial charge in [0.15, 0.2) is 11.2 Å². The summed E-state index contributed by atoms with van der Waals surface area (Å²) in [5.74, 6) is 4.96. The largest absolute Gasteiger partial charge is 0.384 e. The zero-order valence-corrected chi connectivity index (χ0v) is 10.3. The molecule has 2 rings (SSSR count). The summed E-state index contributed by atoms with van der Waals surface area (Å²) in [6, 6.07) is 0. The molecular weight excluding hydrogens is 256 g/mol. The van der Waals surface area contributed by atoms with Crippen LogP contribution in [0.1, 0.15) is 4.88 Å². The van der Waals surface area contributed by atoms with E-state index >= 15 is 0 Å². The first-order chi connectivity index (χ1) is 8.79. The average molecular weight is 268 g/mol. The highest BCUT2D eigenvalue weighted by molar-refractivity contribution is 7.16. The van der Waals surface area contributed by atoms with E-state index in [2.05, 4.69) is 22.1 Å². The number of anilines is 1.